The van der Waals surface area contributed by atoms with Crippen molar-refractivity contribution in [1.29, 1.82) is 0 Å². The van der Waals surface area contributed by atoms with Crippen molar-refractivity contribution in [2.75, 3.05) is 7.11 Å². The molecular formula is C13H25NO4. The van der Waals surface area contributed by atoms with Gasteiger partial charge < -0.3 is 14.8 Å². The molecule has 0 radical (unpaired) electrons. The highest BCUT2D eigenvalue weighted by molar-refractivity contribution is 5.70. The van der Waals surface area contributed by atoms with E-state index in [1.165, 1.54) is 7.11 Å². The lowest BCUT2D eigenvalue weighted by atomic mass is 9.99. The van der Waals surface area contributed by atoms with Gasteiger partial charge in [0.15, 0.2) is 0 Å². The summed E-state index contributed by atoms with van der Waals surface area (Å²) in [6.45, 7) is 9.40. The quantitative estimate of drug-likeness (QED) is 0.770. The van der Waals surface area contributed by atoms with Gasteiger partial charge in [-0.3, -0.25) is 4.79 Å². The topological polar surface area (TPSA) is 64.6 Å². The van der Waals surface area contributed by atoms with Crippen molar-refractivity contribution in [3.8, 4) is 0 Å². The molecule has 0 rings (SSSR count). The Morgan fingerprint density at radius 3 is 2.17 bits per heavy atom. The molecule has 0 spiro atoms. The third-order valence-electron chi connectivity index (χ3n) is 2.39. The van der Waals surface area contributed by atoms with Gasteiger partial charge in [0.05, 0.1) is 7.11 Å². The van der Waals surface area contributed by atoms with Crippen molar-refractivity contribution in [2.45, 2.75) is 59.1 Å². The first kappa shape index (κ1) is 16.7. The Kier molecular flexibility index (Phi) is 6.73. The highest BCUT2D eigenvalue weighted by Gasteiger charge is 2.22. The first-order valence-electron chi connectivity index (χ1n) is 6.22. The van der Waals surface area contributed by atoms with Crippen molar-refractivity contribution in [1.82, 2.24) is 5.32 Å². The van der Waals surface area contributed by atoms with Gasteiger partial charge in [0, 0.05) is 12.5 Å². The van der Waals surface area contributed by atoms with Crippen LogP contribution in [-0.2, 0) is 14.3 Å². The highest BCUT2D eigenvalue weighted by atomic mass is 16.6. The molecular weight excluding hydrogens is 234 g/mol. The summed E-state index contributed by atoms with van der Waals surface area (Å²) in [5, 5.41) is 2.78. The second-order valence-electron chi connectivity index (χ2n) is 5.61. The maximum atomic E-state index is 11.6. The SMILES string of the molecule is COC(=O)CCC(NC(=O)OC(C)(C)C)C(C)C. The second-order valence-corrected chi connectivity index (χ2v) is 5.61. The summed E-state index contributed by atoms with van der Waals surface area (Å²) >= 11 is 0. The molecule has 0 saturated carbocycles. The largest absolute Gasteiger partial charge is 0.469 e. The third kappa shape index (κ3) is 7.92. The average Bonchev–Trinajstić information content (AvgIpc) is 2.20. The van der Waals surface area contributed by atoms with Crippen molar-refractivity contribution < 1.29 is 19.1 Å². The minimum Gasteiger partial charge on any atom is -0.469 e. The first-order valence-corrected chi connectivity index (χ1v) is 6.22. The molecule has 18 heavy (non-hydrogen) atoms. The summed E-state index contributed by atoms with van der Waals surface area (Å²) in [5.41, 5.74) is -0.520. The fourth-order valence-corrected chi connectivity index (χ4v) is 1.41. The number of esters is 1. The highest BCUT2D eigenvalue weighted by Crippen LogP contribution is 2.12. The van der Waals surface area contributed by atoms with Gasteiger partial charge in [-0.15, -0.1) is 0 Å². The van der Waals surface area contributed by atoms with E-state index in [1.54, 1.807) is 0 Å². The number of amides is 1. The Morgan fingerprint density at radius 2 is 1.78 bits per heavy atom. The van der Waals surface area contributed by atoms with E-state index >= 15 is 0 Å². The summed E-state index contributed by atoms with van der Waals surface area (Å²) in [6, 6.07) is -0.0982. The minimum atomic E-state index is -0.520. The van der Waals surface area contributed by atoms with E-state index in [-0.39, 0.29) is 24.3 Å². The Labute approximate surface area is 109 Å². The van der Waals surface area contributed by atoms with E-state index in [1.807, 2.05) is 34.6 Å². The van der Waals surface area contributed by atoms with Gasteiger partial charge in [0.1, 0.15) is 5.60 Å². The van der Waals surface area contributed by atoms with Crippen molar-refractivity contribution in [3.05, 3.63) is 0 Å². The molecule has 1 N–H and O–H groups in total. The molecule has 0 aliphatic heterocycles. The standard InChI is InChI=1S/C13H25NO4/c1-9(2)10(7-8-11(15)17-6)14-12(16)18-13(3,4)5/h9-10H,7-8H2,1-6H3,(H,14,16). The van der Waals surface area contributed by atoms with Crippen molar-refractivity contribution in [2.24, 2.45) is 5.92 Å². The number of rotatable bonds is 5. The van der Waals surface area contributed by atoms with Crippen molar-refractivity contribution in [3.63, 3.8) is 0 Å². The predicted molar refractivity (Wildman–Crippen MR) is 69.2 cm³/mol. The van der Waals surface area contributed by atoms with Crippen LogP contribution < -0.4 is 5.32 Å². The van der Waals surface area contributed by atoms with Crippen LogP contribution in [0.5, 0.6) is 0 Å². The molecule has 106 valence electrons. The third-order valence-corrected chi connectivity index (χ3v) is 2.39. The lowest BCUT2D eigenvalue weighted by Gasteiger charge is -2.25. The number of nitrogens with one attached hydrogen (secondary N) is 1. The van der Waals surface area contributed by atoms with Crippen LogP contribution in [0.2, 0.25) is 0 Å². The summed E-state index contributed by atoms with van der Waals surface area (Å²) < 4.78 is 9.77. The van der Waals surface area contributed by atoms with Gasteiger partial charge >= 0.3 is 12.1 Å². The summed E-state index contributed by atoms with van der Waals surface area (Å²) in [6.07, 6.45) is 0.379. The summed E-state index contributed by atoms with van der Waals surface area (Å²) in [7, 11) is 1.36. The van der Waals surface area contributed by atoms with Crippen LogP contribution in [0.25, 0.3) is 0 Å². The van der Waals surface area contributed by atoms with Gasteiger partial charge in [-0.2, -0.15) is 0 Å². The van der Waals surface area contributed by atoms with Crippen LogP contribution in [0, 0.1) is 5.92 Å². The molecule has 0 aromatic carbocycles. The second kappa shape index (κ2) is 7.24. The molecule has 0 aromatic rings. The van der Waals surface area contributed by atoms with Crippen LogP contribution >= 0.6 is 0 Å². The normalized spacial score (nSPS) is 13.1. The van der Waals surface area contributed by atoms with E-state index in [0.29, 0.717) is 6.42 Å². The maximum absolute atomic E-state index is 11.6. The van der Waals surface area contributed by atoms with Gasteiger partial charge in [0.2, 0.25) is 0 Å². The fraction of sp³-hybridized carbons (Fsp3) is 0.846. The molecule has 0 fully saturated rings. The monoisotopic (exact) mass is 259 g/mol. The molecule has 5 nitrogen and oxygen atoms in total. The Hall–Kier alpha value is -1.26. The number of hydrogen-bond donors (Lipinski definition) is 1. The Bertz CT molecular complexity index is 281. The molecule has 1 atom stereocenters. The van der Waals surface area contributed by atoms with E-state index in [0.717, 1.165) is 0 Å². The van der Waals surface area contributed by atoms with E-state index in [4.69, 9.17) is 4.74 Å². The zero-order valence-corrected chi connectivity index (χ0v) is 12.2. The minimum absolute atomic E-state index is 0.0982. The zero-order chi connectivity index (χ0) is 14.3. The van der Waals surface area contributed by atoms with Gasteiger partial charge in [0.25, 0.3) is 0 Å². The molecule has 0 aliphatic carbocycles. The van der Waals surface area contributed by atoms with Crippen LogP contribution in [0.1, 0.15) is 47.5 Å². The molecule has 0 saturated heterocycles. The fourth-order valence-electron chi connectivity index (χ4n) is 1.41. The van der Waals surface area contributed by atoms with Crippen LogP contribution in [-0.4, -0.2) is 30.8 Å². The summed E-state index contributed by atoms with van der Waals surface area (Å²) in [5.74, 6) is -0.0474. The Morgan fingerprint density at radius 1 is 1.22 bits per heavy atom. The number of hydrogen-bond acceptors (Lipinski definition) is 4. The number of carbonyl (C=O) groups excluding carboxylic acids is 2. The van der Waals surface area contributed by atoms with Crippen LogP contribution in [0.3, 0.4) is 0 Å². The number of carbonyl (C=O) groups is 2. The molecule has 0 aliphatic rings. The zero-order valence-electron chi connectivity index (χ0n) is 12.2. The number of ether oxygens (including phenoxy) is 2. The molecule has 5 heteroatoms. The van der Waals surface area contributed by atoms with Gasteiger partial charge in [-0.05, 0) is 33.1 Å². The smallest absolute Gasteiger partial charge is 0.407 e. The Balaban J connectivity index is 4.27. The van der Waals surface area contributed by atoms with Gasteiger partial charge in [-0.1, -0.05) is 13.8 Å². The predicted octanol–water partition coefficient (Wildman–Crippen LogP) is 2.49. The summed E-state index contributed by atoms with van der Waals surface area (Å²) in [4.78, 5) is 22.7. The van der Waals surface area contributed by atoms with Gasteiger partial charge in [-0.25, -0.2) is 4.79 Å². The van der Waals surface area contributed by atoms with E-state index < -0.39 is 11.7 Å². The van der Waals surface area contributed by atoms with Crippen LogP contribution in [0.15, 0.2) is 0 Å². The molecule has 0 heterocycles. The van der Waals surface area contributed by atoms with E-state index in [9.17, 15) is 9.59 Å². The molecule has 1 unspecified atom stereocenters. The lowest BCUT2D eigenvalue weighted by molar-refractivity contribution is -0.140. The van der Waals surface area contributed by atoms with E-state index in [2.05, 4.69) is 10.1 Å². The molecule has 0 bridgehead atoms. The average molecular weight is 259 g/mol. The first-order chi connectivity index (χ1) is 8.15. The molecule has 1 amide bonds. The number of alkyl carbamates (subject to hydrolysis) is 1. The maximum Gasteiger partial charge on any atom is 0.407 e. The van der Waals surface area contributed by atoms with Crippen molar-refractivity contribution >= 4 is 12.1 Å². The van der Waals surface area contributed by atoms with Crippen LogP contribution in [0.4, 0.5) is 4.79 Å². The lowest BCUT2D eigenvalue weighted by Crippen LogP contribution is -2.42. The molecule has 0 aromatic heterocycles. The number of methoxy groups -OCH3 is 1.